The van der Waals surface area contributed by atoms with E-state index in [0.29, 0.717) is 0 Å². The van der Waals surface area contributed by atoms with E-state index in [0.717, 1.165) is 33.9 Å². The number of nitrogens with zero attached hydrogens (tertiary/aromatic N) is 2. The summed E-state index contributed by atoms with van der Waals surface area (Å²) in [4.78, 5) is 2.37. The first-order valence-electron chi connectivity index (χ1n) is 24.7. The van der Waals surface area contributed by atoms with Gasteiger partial charge in [0.2, 0.25) is 0 Å². The molecule has 13 rings (SSSR count). The van der Waals surface area contributed by atoms with E-state index in [1.807, 2.05) is 0 Å². The van der Waals surface area contributed by atoms with Gasteiger partial charge in [-0.15, -0.1) is 0 Å². The first-order chi connectivity index (χ1) is 35.7. The van der Waals surface area contributed by atoms with Crippen molar-refractivity contribution in [3.8, 4) is 72.4 Å². The Labute approximate surface area is 420 Å². The van der Waals surface area contributed by atoms with Crippen LogP contribution >= 0.6 is 0 Å². The van der Waals surface area contributed by atoms with Crippen LogP contribution in [0.4, 0.5) is 17.1 Å². The van der Waals surface area contributed by atoms with Gasteiger partial charge < -0.3 is 9.47 Å². The van der Waals surface area contributed by atoms with Crippen LogP contribution in [0.2, 0.25) is 0 Å². The van der Waals surface area contributed by atoms with Crippen LogP contribution in [-0.2, 0) is 0 Å². The molecule has 0 aliphatic carbocycles. The summed E-state index contributed by atoms with van der Waals surface area (Å²) in [5, 5.41) is 5.02. The predicted octanol–water partition coefficient (Wildman–Crippen LogP) is 19.4. The molecule has 1 heterocycles. The second kappa shape index (κ2) is 18.4. The smallest absolute Gasteiger partial charge is 0.0541 e. The van der Waals surface area contributed by atoms with Crippen molar-refractivity contribution in [3.63, 3.8) is 0 Å². The van der Waals surface area contributed by atoms with Crippen LogP contribution in [0.25, 0.3) is 105 Å². The standard InChI is InChI=1S/C70H48N2/c1-3-17-51(18-4-1)60-23-7-9-25-64(60)65-26-10-8-24-61(65)53-37-45-57(46-38-53)71(58-47-39-54(40-48-58)63-30-16-22-55-21-15-29-62(70(55)63)52-19-5-2-6-20-52)56-41-33-49(34-42-56)50-35-43-59(44-36-50)72-68-31-13-11-27-66(68)67-28-12-14-32-69(67)72/h1-48H. The molecule has 2 heteroatoms. The zero-order chi connectivity index (χ0) is 47.8. The van der Waals surface area contributed by atoms with Gasteiger partial charge in [-0.1, -0.05) is 231 Å². The molecule has 0 aliphatic rings. The molecule has 12 aromatic carbocycles. The van der Waals surface area contributed by atoms with Crippen LogP contribution in [0.3, 0.4) is 0 Å². The van der Waals surface area contributed by atoms with Crippen molar-refractivity contribution in [2.45, 2.75) is 0 Å². The maximum absolute atomic E-state index is 2.37. The van der Waals surface area contributed by atoms with E-state index in [1.54, 1.807) is 0 Å². The normalized spacial score (nSPS) is 11.3. The summed E-state index contributed by atoms with van der Waals surface area (Å²) in [6.45, 7) is 0. The van der Waals surface area contributed by atoms with Crippen LogP contribution in [-0.4, -0.2) is 4.57 Å². The van der Waals surface area contributed by atoms with Crippen molar-refractivity contribution in [1.82, 2.24) is 4.57 Å². The number of hydrogen-bond acceptors (Lipinski definition) is 1. The minimum Gasteiger partial charge on any atom is -0.311 e. The molecule has 0 N–H and O–H groups in total. The van der Waals surface area contributed by atoms with E-state index in [9.17, 15) is 0 Å². The summed E-state index contributed by atoms with van der Waals surface area (Å²) in [6, 6.07) is 106. The largest absolute Gasteiger partial charge is 0.311 e. The van der Waals surface area contributed by atoms with Crippen molar-refractivity contribution in [1.29, 1.82) is 0 Å². The third-order valence-electron chi connectivity index (χ3n) is 14.3. The molecule has 0 radical (unpaired) electrons. The summed E-state index contributed by atoms with van der Waals surface area (Å²) >= 11 is 0. The van der Waals surface area contributed by atoms with E-state index >= 15 is 0 Å². The molecule has 0 saturated carbocycles. The Morgan fingerprint density at radius 2 is 0.556 bits per heavy atom. The Bertz CT molecular complexity index is 3980. The first-order valence-corrected chi connectivity index (χ1v) is 24.7. The Balaban J connectivity index is 0.876. The predicted molar refractivity (Wildman–Crippen MR) is 306 cm³/mol. The highest BCUT2D eigenvalue weighted by atomic mass is 15.1. The summed E-state index contributed by atoms with van der Waals surface area (Å²) < 4.78 is 2.37. The minimum atomic E-state index is 1.08. The quantitative estimate of drug-likeness (QED) is 0.133. The summed E-state index contributed by atoms with van der Waals surface area (Å²) in [7, 11) is 0. The van der Waals surface area contributed by atoms with E-state index in [-0.39, 0.29) is 0 Å². The fourth-order valence-electron chi connectivity index (χ4n) is 10.8. The lowest BCUT2D eigenvalue weighted by Gasteiger charge is -2.26. The maximum Gasteiger partial charge on any atom is 0.0541 e. The lowest BCUT2D eigenvalue weighted by Crippen LogP contribution is -2.09. The minimum absolute atomic E-state index is 1.08. The molecule has 0 saturated heterocycles. The highest BCUT2D eigenvalue weighted by Gasteiger charge is 2.18. The Hall–Kier alpha value is -9.50. The van der Waals surface area contributed by atoms with Gasteiger partial charge in [-0.25, -0.2) is 0 Å². The molecule has 0 amide bonds. The second-order valence-electron chi connectivity index (χ2n) is 18.4. The van der Waals surface area contributed by atoms with Gasteiger partial charge >= 0.3 is 0 Å². The molecule has 0 spiro atoms. The lowest BCUT2D eigenvalue weighted by molar-refractivity contribution is 1.18. The molecule has 72 heavy (non-hydrogen) atoms. The number of benzene rings is 12. The SMILES string of the molecule is c1ccc(-c2ccccc2-c2ccccc2-c2ccc(N(c3ccc(-c4ccc(-n5c6ccccc6c6ccccc65)cc4)cc3)c3ccc(-c4cccc5cccc(-c6ccccc6)c45)cc3)cc2)cc1. The number of para-hydroxylation sites is 2. The molecule has 0 unspecified atom stereocenters. The third kappa shape index (κ3) is 7.73. The number of hydrogen-bond donors (Lipinski definition) is 0. The summed E-state index contributed by atoms with van der Waals surface area (Å²) in [5.41, 5.74) is 21.2. The highest BCUT2D eigenvalue weighted by Crippen LogP contribution is 2.43. The Morgan fingerprint density at radius 1 is 0.222 bits per heavy atom. The van der Waals surface area contributed by atoms with E-state index < -0.39 is 0 Å². The molecule has 0 atom stereocenters. The molecular weight excluding hydrogens is 869 g/mol. The monoisotopic (exact) mass is 916 g/mol. The topological polar surface area (TPSA) is 8.17 Å². The first kappa shape index (κ1) is 42.6. The average Bonchev–Trinajstić information content (AvgIpc) is 3.80. The van der Waals surface area contributed by atoms with Gasteiger partial charge in [0, 0.05) is 33.5 Å². The van der Waals surface area contributed by atoms with Crippen molar-refractivity contribution in [2.24, 2.45) is 0 Å². The Morgan fingerprint density at radius 3 is 1.03 bits per heavy atom. The zero-order valence-corrected chi connectivity index (χ0v) is 39.6. The van der Waals surface area contributed by atoms with E-state index in [2.05, 4.69) is 301 Å². The summed E-state index contributed by atoms with van der Waals surface area (Å²) in [6.07, 6.45) is 0. The number of rotatable bonds is 10. The maximum atomic E-state index is 2.37. The van der Waals surface area contributed by atoms with Crippen LogP contribution in [0.5, 0.6) is 0 Å². The van der Waals surface area contributed by atoms with Crippen molar-refractivity contribution in [3.05, 3.63) is 291 Å². The van der Waals surface area contributed by atoms with Gasteiger partial charge in [-0.2, -0.15) is 0 Å². The molecular formula is C70H48N2. The lowest BCUT2D eigenvalue weighted by atomic mass is 9.89. The Kier molecular flexibility index (Phi) is 10.9. The molecule has 2 nitrogen and oxygen atoms in total. The molecule has 0 bridgehead atoms. The van der Waals surface area contributed by atoms with Gasteiger partial charge in [0.15, 0.2) is 0 Å². The van der Waals surface area contributed by atoms with Gasteiger partial charge in [-0.05, 0) is 138 Å². The van der Waals surface area contributed by atoms with Gasteiger partial charge in [-0.3, -0.25) is 0 Å². The molecule has 0 fully saturated rings. The van der Waals surface area contributed by atoms with Crippen LogP contribution in [0, 0.1) is 0 Å². The van der Waals surface area contributed by atoms with E-state index in [1.165, 1.54) is 88.2 Å². The van der Waals surface area contributed by atoms with Gasteiger partial charge in [0.05, 0.1) is 11.0 Å². The average molecular weight is 917 g/mol. The van der Waals surface area contributed by atoms with Gasteiger partial charge in [0.1, 0.15) is 0 Å². The third-order valence-corrected chi connectivity index (χ3v) is 14.3. The van der Waals surface area contributed by atoms with Crippen LogP contribution in [0.15, 0.2) is 291 Å². The fourth-order valence-corrected chi connectivity index (χ4v) is 10.8. The highest BCUT2D eigenvalue weighted by molar-refractivity contribution is 6.09. The van der Waals surface area contributed by atoms with Crippen LogP contribution in [0.1, 0.15) is 0 Å². The number of aromatic nitrogens is 1. The molecule has 338 valence electrons. The molecule has 13 aromatic rings. The van der Waals surface area contributed by atoms with Gasteiger partial charge in [0.25, 0.3) is 0 Å². The number of anilines is 3. The number of fused-ring (bicyclic) bond motifs is 4. The summed E-state index contributed by atoms with van der Waals surface area (Å²) in [5.74, 6) is 0. The molecule has 0 aliphatic heterocycles. The zero-order valence-electron chi connectivity index (χ0n) is 39.6. The van der Waals surface area contributed by atoms with Crippen LogP contribution < -0.4 is 4.90 Å². The van der Waals surface area contributed by atoms with E-state index in [4.69, 9.17) is 0 Å². The van der Waals surface area contributed by atoms with Crippen molar-refractivity contribution < 1.29 is 0 Å². The molecule has 1 aromatic heterocycles. The second-order valence-corrected chi connectivity index (χ2v) is 18.4. The fraction of sp³-hybridized carbons (Fsp3) is 0. The van der Waals surface area contributed by atoms with Crippen molar-refractivity contribution in [2.75, 3.05) is 4.90 Å². The van der Waals surface area contributed by atoms with Crippen molar-refractivity contribution >= 4 is 49.6 Å².